The van der Waals surface area contributed by atoms with Crippen molar-refractivity contribution in [3.8, 4) is 22.9 Å². The first-order chi connectivity index (χ1) is 26.5. The minimum atomic E-state index is -1.19. The molecule has 1 saturated heterocycles. The predicted molar refractivity (Wildman–Crippen MR) is 212 cm³/mol. The quantitative estimate of drug-likeness (QED) is 0.151. The lowest BCUT2D eigenvalue weighted by Gasteiger charge is -2.35. The van der Waals surface area contributed by atoms with E-state index in [2.05, 4.69) is 16.0 Å². The molecule has 3 aliphatic carbocycles. The van der Waals surface area contributed by atoms with Gasteiger partial charge in [-0.2, -0.15) is 0 Å². The van der Waals surface area contributed by atoms with Crippen LogP contribution in [0.5, 0.6) is 11.5 Å². The van der Waals surface area contributed by atoms with Gasteiger partial charge in [0.15, 0.2) is 5.13 Å². The molecule has 0 radical (unpaired) electrons. The Labute approximate surface area is 335 Å². The first-order valence-corrected chi connectivity index (χ1v) is 20.7. The summed E-state index contributed by atoms with van der Waals surface area (Å²) in [7, 11) is 1.29. The molecule has 7 rings (SSSR count). The molecule has 3 saturated carbocycles. The number of alkyl carbamates (subject to hydrolysis) is 1. The Bertz CT molecular complexity index is 2030. The number of esters is 1. The number of methoxy groups -OCH3 is 1. The number of phenols is 1. The third-order valence-corrected chi connectivity index (χ3v) is 12.7. The van der Waals surface area contributed by atoms with Crippen molar-refractivity contribution in [2.75, 3.05) is 19.0 Å². The van der Waals surface area contributed by atoms with Crippen molar-refractivity contribution in [3.63, 3.8) is 0 Å². The number of aromatic nitrogens is 2. The van der Waals surface area contributed by atoms with Gasteiger partial charge in [-0.25, -0.2) is 19.6 Å². The minimum Gasteiger partial charge on any atom is -0.506 e. The van der Waals surface area contributed by atoms with Crippen LogP contribution in [0.1, 0.15) is 80.1 Å². The Hall–Kier alpha value is -4.37. The number of nitrogens with zero attached hydrogens (tertiary/aromatic N) is 3. The van der Waals surface area contributed by atoms with Crippen LogP contribution in [0.4, 0.5) is 9.93 Å². The van der Waals surface area contributed by atoms with Crippen molar-refractivity contribution >= 4 is 62.8 Å². The first-order valence-electron chi connectivity index (χ1n) is 19.4. The van der Waals surface area contributed by atoms with Crippen LogP contribution in [0.2, 0.25) is 5.02 Å². The van der Waals surface area contributed by atoms with Gasteiger partial charge >= 0.3 is 12.1 Å². The summed E-state index contributed by atoms with van der Waals surface area (Å²) in [6.45, 7) is 11.5. The summed E-state index contributed by atoms with van der Waals surface area (Å²) < 4.78 is 17.6. The standard InChI is InChI=1S/C40H51ClN6O8S/c1-8-22-16-40(22,36(51)53-7)46-34(49)28-14-24(17-47(28)35(50)33(39(4,5)6)45-38(52)55-23-12-20-11-21(20)13-23)54-30-15-26(27-18-56-37(44-27)42-19(2)3)43-32-25(30)9-10-29(48)31(32)41/h9-10,15,18-24,28,33,48H,8,11-14,16-17H2,1-7H3,(H,42,44)(H,45,52)(H,46,49)/t20-,21+,22-,23+,24-,28+,33-,40-/m1/s1. The van der Waals surface area contributed by atoms with Gasteiger partial charge in [0.05, 0.1) is 24.9 Å². The first kappa shape index (κ1) is 39.8. The second-order valence-electron chi connectivity index (χ2n) is 17.1. The van der Waals surface area contributed by atoms with E-state index in [1.807, 2.05) is 46.9 Å². The molecule has 2 aromatic heterocycles. The fraction of sp³-hybridized carbons (Fsp3) is 0.600. The maximum absolute atomic E-state index is 14.7. The van der Waals surface area contributed by atoms with Gasteiger partial charge in [0.1, 0.15) is 52.0 Å². The normalized spacial score (nSPS) is 27.1. The van der Waals surface area contributed by atoms with Crippen molar-refractivity contribution in [1.82, 2.24) is 25.5 Å². The van der Waals surface area contributed by atoms with E-state index in [4.69, 9.17) is 35.8 Å². The van der Waals surface area contributed by atoms with Crippen LogP contribution in [0.15, 0.2) is 23.6 Å². The summed E-state index contributed by atoms with van der Waals surface area (Å²) in [6, 6.07) is 2.89. The molecule has 0 unspecified atom stereocenters. The van der Waals surface area contributed by atoms with Gasteiger partial charge in [0, 0.05) is 29.3 Å². The van der Waals surface area contributed by atoms with E-state index >= 15 is 0 Å². The molecule has 56 heavy (non-hydrogen) atoms. The molecule has 4 aliphatic rings. The van der Waals surface area contributed by atoms with Crippen molar-refractivity contribution in [2.45, 2.75) is 116 Å². The molecular formula is C40H51ClN6O8S. The zero-order valence-electron chi connectivity index (χ0n) is 32.8. The number of nitrogens with one attached hydrogen (secondary N) is 3. The van der Waals surface area contributed by atoms with E-state index in [0.717, 1.165) is 12.8 Å². The van der Waals surface area contributed by atoms with Gasteiger partial charge in [-0.1, -0.05) is 45.7 Å². The third-order valence-electron chi connectivity index (χ3n) is 11.5. The van der Waals surface area contributed by atoms with Crippen LogP contribution in [0, 0.1) is 23.2 Å². The molecule has 3 amide bonds. The topological polar surface area (TPSA) is 181 Å². The number of benzene rings is 1. The number of carbonyl (C=O) groups excluding carboxylic acids is 4. The van der Waals surface area contributed by atoms with E-state index in [-0.39, 0.29) is 41.8 Å². The van der Waals surface area contributed by atoms with Crippen molar-refractivity contribution in [1.29, 1.82) is 0 Å². The zero-order chi connectivity index (χ0) is 40.3. The molecule has 0 spiro atoms. The SMILES string of the molecule is CC[C@@H]1C[C@]1(NC(=O)[C@@H]1C[C@@H](Oc2cc(-c3csc(NC(C)C)n3)nc3c(Cl)c(O)ccc23)CN1C(=O)[C@@H](NC(=O)O[C@@H]1C[C@@H]2C[C@@H]2C1)C(C)(C)C)C(=O)OC. The number of hydrogen-bond donors (Lipinski definition) is 4. The molecule has 4 N–H and O–H groups in total. The molecule has 0 bridgehead atoms. The molecular weight excluding hydrogens is 760 g/mol. The average molecular weight is 811 g/mol. The van der Waals surface area contributed by atoms with Gasteiger partial charge in [0.25, 0.3) is 0 Å². The number of hydrogen-bond acceptors (Lipinski definition) is 12. The minimum absolute atomic E-state index is 0.0151. The number of fused-ring (bicyclic) bond motifs is 2. The maximum atomic E-state index is 14.7. The number of ether oxygens (including phenoxy) is 3. The lowest BCUT2D eigenvalue weighted by molar-refractivity contribution is -0.148. The maximum Gasteiger partial charge on any atom is 0.408 e. The number of halogens is 1. The molecule has 16 heteroatoms. The summed E-state index contributed by atoms with van der Waals surface area (Å²) in [5.74, 6) is -0.223. The monoisotopic (exact) mass is 810 g/mol. The Morgan fingerprint density at radius 1 is 1.07 bits per heavy atom. The third kappa shape index (κ3) is 7.93. The lowest BCUT2D eigenvalue weighted by Crippen LogP contribution is -2.59. The highest BCUT2D eigenvalue weighted by Crippen LogP contribution is 2.52. The van der Waals surface area contributed by atoms with Crippen molar-refractivity contribution < 1.29 is 38.5 Å². The van der Waals surface area contributed by atoms with Crippen molar-refractivity contribution in [2.24, 2.45) is 23.2 Å². The molecule has 1 aliphatic heterocycles. The second-order valence-corrected chi connectivity index (χ2v) is 18.3. The number of aromatic hydroxyl groups is 1. The molecule has 302 valence electrons. The molecule has 8 atom stereocenters. The second kappa shape index (κ2) is 15.2. The highest BCUT2D eigenvalue weighted by atomic mass is 35.5. The van der Waals surface area contributed by atoms with Gasteiger partial charge in [-0.3, -0.25) is 9.59 Å². The lowest BCUT2D eigenvalue weighted by atomic mass is 9.85. The highest BCUT2D eigenvalue weighted by Gasteiger charge is 2.62. The number of carbonyl (C=O) groups is 4. The number of likely N-dealkylation sites (tertiary alicyclic amines) is 1. The Kier molecular flexibility index (Phi) is 10.8. The van der Waals surface area contributed by atoms with Crippen LogP contribution in [0.3, 0.4) is 0 Å². The van der Waals surface area contributed by atoms with Crippen LogP contribution in [-0.2, 0) is 23.9 Å². The van der Waals surface area contributed by atoms with E-state index in [1.54, 1.807) is 12.1 Å². The Balaban J connectivity index is 1.20. The summed E-state index contributed by atoms with van der Waals surface area (Å²) in [5, 5.41) is 22.7. The van der Waals surface area contributed by atoms with Crippen LogP contribution in [0.25, 0.3) is 22.3 Å². The summed E-state index contributed by atoms with van der Waals surface area (Å²) >= 11 is 8.02. The van der Waals surface area contributed by atoms with E-state index in [0.29, 0.717) is 57.8 Å². The molecule has 4 fully saturated rings. The number of rotatable bonds is 12. The van der Waals surface area contributed by atoms with E-state index < -0.39 is 53.0 Å². The Morgan fingerprint density at radius 3 is 2.45 bits per heavy atom. The molecule has 3 heterocycles. The number of amides is 3. The van der Waals surface area contributed by atoms with Gasteiger partial charge in [-0.15, -0.1) is 11.3 Å². The molecule has 14 nitrogen and oxygen atoms in total. The van der Waals surface area contributed by atoms with Gasteiger partial charge in [-0.05, 0) is 74.8 Å². The smallest absolute Gasteiger partial charge is 0.408 e. The largest absolute Gasteiger partial charge is 0.506 e. The van der Waals surface area contributed by atoms with E-state index in [9.17, 15) is 24.3 Å². The Morgan fingerprint density at radius 2 is 1.80 bits per heavy atom. The average Bonchev–Trinajstić information content (AvgIpc) is 3.80. The molecule has 1 aromatic carbocycles. The van der Waals surface area contributed by atoms with Crippen LogP contribution < -0.4 is 20.7 Å². The van der Waals surface area contributed by atoms with E-state index in [1.165, 1.54) is 35.8 Å². The number of anilines is 1. The van der Waals surface area contributed by atoms with Gasteiger partial charge < -0.3 is 40.2 Å². The summed E-state index contributed by atoms with van der Waals surface area (Å²) in [6.07, 6.45) is 2.40. The van der Waals surface area contributed by atoms with Crippen LogP contribution >= 0.6 is 22.9 Å². The number of thiazole rings is 1. The fourth-order valence-electron chi connectivity index (χ4n) is 8.34. The predicted octanol–water partition coefficient (Wildman–Crippen LogP) is 6.28. The number of phenolic OH excluding ortho intramolecular Hbond substituents is 1. The van der Waals surface area contributed by atoms with Crippen LogP contribution in [-0.4, -0.2) is 93.4 Å². The summed E-state index contributed by atoms with van der Waals surface area (Å²) in [5.41, 5.74) is -0.652. The van der Waals surface area contributed by atoms with Gasteiger partial charge in [0.2, 0.25) is 11.8 Å². The number of pyridine rings is 1. The summed E-state index contributed by atoms with van der Waals surface area (Å²) in [4.78, 5) is 66.2. The molecule has 3 aromatic rings. The fourth-order valence-corrected chi connectivity index (χ4v) is 9.40. The van der Waals surface area contributed by atoms with Crippen molar-refractivity contribution in [3.05, 3.63) is 28.6 Å². The zero-order valence-corrected chi connectivity index (χ0v) is 34.4. The highest BCUT2D eigenvalue weighted by molar-refractivity contribution is 7.14.